The van der Waals surface area contributed by atoms with Gasteiger partial charge in [-0.3, -0.25) is 4.79 Å². The van der Waals surface area contributed by atoms with Gasteiger partial charge in [-0.2, -0.15) is 0 Å². The number of rotatable bonds is 5. The summed E-state index contributed by atoms with van der Waals surface area (Å²) < 4.78 is 0. The first-order valence-corrected chi connectivity index (χ1v) is 10.5. The Hall–Kier alpha value is -3.86. The van der Waals surface area contributed by atoms with E-state index in [1.165, 1.54) is 6.08 Å². The SMILES string of the molecule is O=C(/C=C/c1ccc(-c2ccccc2)cc1)Nc1cccc(NC(=O)N2CCCC2)c1. The molecule has 3 amide bonds. The van der Waals surface area contributed by atoms with Crippen LogP contribution in [0, 0.1) is 0 Å². The van der Waals surface area contributed by atoms with E-state index in [9.17, 15) is 9.59 Å². The highest BCUT2D eigenvalue weighted by Gasteiger charge is 2.17. The number of hydrogen-bond donors (Lipinski definition) is 2. The molecule has 2 N–H and O–H groups in total. The third-order valence-electron chi connectivity index (χ3n) is 5.22. The van der Waals surface area contributed by atoms with Crippen LogP contribution in [0.5, 0.6) is 0 Å². The number of carbonyl (C=O) groups is 2. The highest BCUT2D eigenvalue weighted by atomic mass is 16.2. The summed E-state index contributed by atoms with van der Waals surface area (Å²) in [7, 11) is 0. The molecule has 5 heteroatoms. The van der Waals surface area contributed by atoms with Gasteiger partial charge in [-0.15, -0.1) is 0 Å². The molecule has 0 spiro atoms. The lowest BCUT2D eigenvalue weighted by molar-refractivity contribution is -0.111. The molecule has 4 rings (SSSR count). The maximum Gasteiger partial charge on any atom is 0.321 e. The molecule has 31 heavy (non-hydrogen) atoms. The second-order valence-corrected chi connectivity index (χ2v) is 7.52. The van der Waals surface area contributed by atoms with Crippen LogP contribution >= 0.6 is 0 Å². The highest BCUT2D eigenvalue weighted by Crippen LogP contribution is 2.20. The number of benzene rings is 3. The van der Waals surface area contributed by atoms with E-state index in [-0.39, 0.29) is 11.9 Å². The lowest BCUT2D eigenvalue weighted by atomic mass is 10.0. The number of anilines is 2. The van der Waals surface area contributed by atoms with Gasteiger partial charge in [0.1, 0.15) is 0 Å². The molecule has 5 nitrogen and oxygen atoms in total. The van der Waals surface area contributed by atoms with Gasteiger partial charge in [-0.05, 0) is 53.8 Å². The van der Waals surface area contributed by atoms with Crippen molar-refractivity contribution in [1.82, 2.24) is 4.90 Å². The molecule has 3 aromatic rings. The lowest BCUT2D eigenvalue weighted by Gasteiger charge is -2.16. The molecule has 0 aliphatic carbocycles. The summed E-state index contributed by atoms with van der Waals surface area (Å²) in [6.45, 7) is 1.58. The van der Waals surface area contributed by atoms with Crippen LogP contribution in [0.3, 0.4) is 0 Å². The van der Waals surface area contributed by atoms with Gasteiger partial charge in [-0.25, -0.2) is 4.79 Å². The minimum atomic E-state index is -0.227. The number of amides is 3. The summed E-state index contributed by atoms with van der Waals surface area (Å²) >= 11 is 0. The van der Waals surface area contributed by atoms with Crippen LogP contribution in [-0.2, 0) is 4.79 Å². The van der Waals surface area contributed by atoms with Gasteiger partial charge in [0, 0.05) is 30.5 Å². The fraction of sp³-hybridized carbons (Fsp3) is 0.154. The summed E-state index contributed by atoms with van der Waals surface area (Å²) in [5, 5.41) is 5.73. The van der Waals surface area contributed by atoms with Crippen LogP contribution in [0.4, 0.5) is 16.2 Å². The van der Waals surface area contributed by atoms with Gasteiger partial charge in [-0.1, -0.05) is 60.7 Å². The number of hydrogen-bond acceptors (Lipinski definition) is 2. The van der Waals surface area contributed by atoms with Crippen molar-refractivity contribution in [1.29, 1.82) is 0 Å². The molecule has 0 radical (unpaired) electrons. The molecule has 1 aliphatic rings. The van der Waals surface area contributed by atoms with E-state index < -0.39 is 0 Å². The van der Waals surface area contributed by atoms with Crippen LogP contribution < -0.4 is 10.6 Å². The average Bonchev–Trinajstić information content (AvgIpc) is 3.34. The lowest BCUT2D eigenvalue weighted by Crippen LogP contribution is -2.32. The van der Waals surface area contributed by atoms with Gasteiger partial charge in [0.25, 0.3) is 0 Å². The first-order valence-electron chi connectivity index (χ1n) is 10.5. The number of urea groups is 1. The van der Waals surface area contributed by atoms with Gasteiger partial charge in [0.15, 0.2) is 0 Å². The monoisotopic (exact) mass is 411 g/mol. The molecule has 0 saturated carbocycles. The molecular weight excluding hydrogens is 386 g/mol. The molecule has 0 bridgehead atoms. The topological polar surface area (TPSA) is 61.4 Å². The number of likely N-dealkylation sites (tertiary alicyclic amines) is 1. The highest BCUT2D eigenvalue weighted by molar-refractivity contribution is 6.02. The second kappa shape index (κ2) is 9.76. The zero-order valence-electron chi connectivity index (χ0n) is 17.3. The first-order chi connectivity index (χ1) is 15.2. The Morgan fingerprint density at radius 1 is 0.742 bits per heavy atom. The van der Waals surface area contributed by atoms with Crippen molar-refractivity contribution in [3.8, 4) is 11.1 Å². The molecule has 1 heterocycles. The predicted molar refractivity (Wildman–Crippen MR) is 126 cm³/mol. The Kier molecular flexibility index (Phi) is 6.43. The third kappa shape index (κ3) is 5.60. The number of carbonyl (C=O) groups excluding carboxylic acids is 2. The number of nitrogens with one attached hydrogen (secondary N) is 2. The molecule has 1 fully saturated rings. The number of nitrogens with zero attached hydrogens (tertiary/aromatic N) is 1. The summed E-state index contributed by atoms with van der Waals surface area (Å²) in [5.41, 5.74) is 4.53. The smallest absolute Gasteiger partial charge is 0.321 e. The van der Waals surface area contributed by atoms with Crippen molar-refractivity contribution in [2.24, 2.45) is 0 Å². The normalized spacial score (nSPS) is 13.4. The molecule has 1 aliphatic heterocycles. The van der Waals surface area contributed by atoms with Gasteiger partial charge >= 0.3 is 6.03 Å². The Bertz CT molecular complexity index is 1070. The van der Waals surface area contributed by atoms with E-state index in [1.54, 1.807) is 29.2 Å². The fourth-order valence-electron chi connectivity index (χ4n) is 3.57. The van der Waals surface area contributed by atoms with Crippen molar-refractivity contribution in [2.45, 2.75) is 12.8 Å². The summed E-state index contributed by atoms with van der Waals surface area (Å²) in [6.07, 6.45) is 5.38. The minimum absolute atomic E-state index is 0.0974. The zero-order chi connectivity index (χ0) is 21.5. The maximum absolute atomic E-state index is 12.3. The van der Waals surface area contributed by atoms with E-state index in [0.717, 1.165) is 42.6 Å². The minimum Gasteiger partial charge on any atom is -0.325 e. The molecule has 0 atom stereocenters. The van der Waals surface area contributed by atoms with Crippen molar-refractivity contribution >= 4 is 29.4 Å². The van der Waals surface area contributed by atoms with E-state index in [4.69, 9.17) is 0 Å². The van der Waals surface area contributed by atoms with Crippen molar-refractivity contribution in [2.75, 3.05) is 23.7 Å². The maximum atomic E-state index is 12.3. The first kappa shape index (κ1) is 20.4. The van der Waals surface area contributed by atoms with Crippen LogP contribution in [0.25, 0.3) is 17.2 Å². The molecular formula is C26H25N3O2. The molecule has 1 saturated heterocycles. The van der Waals surface area contributed by atoms with E-state index in [2.05, 4.69) is 22.8 Å². The predicted octanol–water partition coefficient (Wildman–Crippen LogP) is 5.63. The summed E-state index contributed by atoms with van der Waals surface area (Å²) in [5.74, 6) is -0.227. The van der Waals surface area contributed by atoms with Crippen LogP contribution in [0.2, 0.25) is 0 Å². The Morgan fingerprint density at radius 3 is 2.10 bits per heavy atom. The Balaban J connectivity index is 1.34. The standard InChI is InChI=1S/C26H25N3O2/c30-25(16-13-20-11-14-22(15-12-20)21-7-2-1-3-8-21)27-23-9-6-10-24(19-23)28-26(31)29-17-4-5-18-29/h1-3,6-16,19H,4-5,17-18H2,(H,27,30)(H,28,31)/b16-13+. The molecule has 0 aromatic heterocycles. The fourth-order valence-corrected chi connectivity index (χ4v) is 3.57. The largest absolute Gasteiger partial charge is 0.325 e. The van der Waals surface area contributed by atoms with Crippen LogP contribution in [-0.4, -0.2) is 29.9 Å². The van der Waals surface area contributed by atoms with Crippen molar-refractivity contribution < 1.29 is 9.59 Å². The van der Waals surface area contributed by atoms with Crippen LogP contribution in [0.15, 0.2) is 84.9 Å². The van der Waals surface area contributed by atoms with E-state index >= 15 is 0 Å². The van der Waals surface area contributed by atoms with Gasteiger partial charge in [0.05, 0.1) is 0 Å². The van der Waals surface area contributed by atoms with Crippen LogP contribution in [0.1, 0.15) is 18.4 Å². The second-order valence-electron chi connectivity index (χ2n) is 7.52. The van der Waals surface area contributed by atoms with Gasteiger partial charge < -0.3 is 15.5 Å². The van der Waals surface area contributed by atoms with Gasteiger partial charge in [0.2, 0.25) is 5.91 Å². The van der Waals surface area contributed by atoms with E-state index in [1.807, 2.05) is 48.5 Å². The summed E-state index contributed by atoms with van der Waals surface area (Å²) in [4.78, 5) is 26.4. The van der Waals surface area contributed by atoms with Crippen molar-refractivity contribution in [3.63, 3.8) is 0 Å². The average molecular weight is 412 g/mol. The zero-order valence-corrected chi connectivity index (χ0v) is 17.3. The third-order valence-corrected chi connectivity index (χ3v) is 5.22. The quantitative estimate of drug-likeness (QED) is 0.534. The summed E-state index contributed by atoms with van der Waals surface area (Å²) in [6, 6.07) is 25.3. The molecule has 156 valence electrons. The molecule has 0 unspecified atom stereocenters. The Morgan fingerprint density at radius 2 is 1.39 bits per heavy atom. The Labute approximate surface area is 182 Å². The van der Waals surface area contributed by atoms with E-state index in [0.29, 0.717) is 11.4 Å². The molecule has 3 aromatic carbocycles. The van der Waals surface area contributed by atoms with Crippen molar-refractivity contribution in [3.05, 3.63) is 90.5 Å².